The number of nitrogens with zero attached hydrogens (tertiary/aromatic N) is 1. The Kier molecular flexibility index (Phi) is 2.91. The normalized spacial score (nSPS) is 14.2. The van der Waals surface area contributed by atoms with E-state index in [0.717, 1.165) is 32.0 Å². The van der Waals surface area contributed by atoms with Crippen LogP contribution in [0.5, 0.6) is 0 Å². The number of aromatic nitrogens is 2. The van der Waals surface area contributed by atoms with E-state index in [2.05, 4.69) is 31.4 Å². The van der Waals surface area contributed by atoms with Crippen molar-refractivity contribution in [2.24, 2.45) is 0 Å². The van der Waals surface area contributed by atoms with Gasteiger partial charge in [0.2, 0.25) is 5.91 Å². The van der Waals surface area contributed by atoms with Crippen molar-refractivity contribution in [2.75, 3.05) is 11.1 Å². The van der Waals surface area contributed by atoms with Crippen molar-refractivity contribution in [2.45, 2.75) is 11.8 Å². The Balaban J connectivity index is 2.07. The fourth-order valence-corrected chi connectivity index (χ4v) is 3.03. The summed E-state index contributed by atoms with van der Waals surface area (Å²) in [6.45, 7) is 1.95. The number of nitrogens with one attached hydrogen (secondary N) is 2. The zero-order chi connectivity index (χ0) is 12.7. The average molecular weight is 324 g/mol. The number of aryl methyl sites for hydroxylation is 1. The molecule has 1 aliphatic heterocycles. The summed E-state index contributed by atoms with van der Waals surface area (Å²) < 4.78 is 0.956. The maximum absolute atomic E-state index is 11.4. The second-order valence-electron chi connectivity index (χ2n) is 4.06. The number of thioether (sulfide) groups is 1. The molecule has 0 saturated carbocycles. The van der Waals surface area contributed by atoms with Gasteiger partial charge in [-0.2, -0.15) is 5.10 Å². The molecule has 0 bridgehead atoms. The molecule has 2 aromatic rings. The molecule has 2 heterocycles. The second-order valence-corrected chi connectivity index (χ2v) is 5.87. The summed E-state index contributed by atoms with van der Waals surface area (Å²) in [7, 11) is 0. The highest BCUT2D eigenvalue weighted by Crippen LogP contribution is 2.36. The zero-order valence-electron chi connectivity index (χ0n) is 9.58. The number of carbonyl (C=O) groups excluding carboxylic acids is 1. The molecule has 18 heavy (non-hydrogen) atoms. The smallest absolute Gasteiger partial charge is 0.234 e. The number of H-pyrrole nitrogens is 1. The predicted molar refractivity (Wildman–Crippen MR) is 75.8 cm³/mol. The van der Waals surface area contributed by atoms with Gasteiger partial charge in [0.1, 0.15) is 5.69 Å². The Morgan fingerprint density at radius 1 is 1.44 bits per heavy atom. The summed E-state index contributed by atoms with van der Waals surface area (Å²) in [6.07, 6.45) is 0. The molecule has 0 radical (unpaired) electrons. The molecule has 1 aromatic carbocycles. The van der Waals surface area contributed by atoms with Crippen LogP contribution in [0.15, 0.2) is 27.6 Å². The zero-order valence-corrected chi connectivity index (χ0v) is 12.0. The number of rotatable bonds is 1. The van der Waals surface area contributed by atoms with Gasteiger partial charge in [0.05, 0.1) is 15.9 Å². The van der Waals surface area contributed by atoms with Crippen LogP contribution in [0, 0.1) is 6.92 Å². The van der Waals surface area contributed by atoms with Crippen molar-refractivity contribution in [1.82, 2.24) is 10.2 Å². The Morgan fingerprint density at radius 3 is 3.00 bits per heavy atom. The standard InChI is InChI=1S/C12H10BrN3OS/c1-6-11(13)12(16-15-6)7-2-3-9-8(4-7)14-10(17)5-18-9/h2-4H,5H2,1H3,(H,14,17)(H,15,16). The molecule has 0 aliphatic carbocycles. The molecule has 92 valence electrons. The van der Waals surface area contributed by atoms with Gasteiger partial charge in [-0.15, -0.1) is 11.8 Å². The lowest BCUT2D eigenvalue weighted by Gasteiger charge is -2.16. The lowest BCUT2D eigenvalue weighted by molar-refractivity contribution is -0.113. The van der Waals surface area contributed by atoms with Crippen LogP contribution in [0.25, 0.3) is 11.3 Å². The highest BCUT2D eigenvalue weighted by Gasteiger charge is 2.17. The molecule has 1 aliphatic rings. The van der Waals surface area contributed by atoms with E-state index in [1.54, 1.807) is 11.8 Å². The highest BCUT2D eigenvalue weighted by molar-refractivity contribution is 9.10. The maximum atomic E-state index is 11.4. The van der Waals surface area contributed by atoms with E-state index >= 15 is 0 Å². The predicted octanol–water partition coefficient (Wildman–Crippen LogP) is 3.19. The van der Waals surface area contributed by atoms with Gasteiger partial charge in [-0.3, -0.25) is 9.89 Å². The largest absolute Gasteiger partial charge is 0.324 e. The lowest BCUT2D eigenvalue weighted by atomic mass is 10.1. The quantitative estimate of drug-likeness (QED) is 0.847. The van der Waals surface area contributed by atoms with Gasteiger partial charge < -0.3 is 5.32 Å². The van der Waals surface area contributed by atoms with Crippen LogP contribution in [0.1, 0.15) is 5.69 Å². The van der Waals surface area contributed by atoms with Gasteiger partial charge in [-0.1, -0.05) is 6.07 Å². The van der Waals surface area contributed by atoms with E-state index in [4.69, 9.17) is 0 Å². The third-order valence-corrected chi connectivity index (χ3v) is 4.80. The number of halogens is 1. The van der Waals surface area contributed by atoms with Gasteiger partial charge in [-0.25, -0.2) is 0 Å². The van der Waals surface area contributed by atoms with Crippen molar-refractivity contribution >= 4 is 39.3 Å². The Bertz CT molecular complexity index is 638. The molecule has 1 amide bonds. The van der Waals surface area contributed by atoms with Crippen LogP contribution >= 0.6 is 27.7 Å². The molecule has 4 nitrogen and oxygen atoms in total. The number of amides is 1. The third kappa shape index (κ3) is 1.95. The molecule has 0 fully saturated rings. The number of anilines is 1. The average Bonchev–Trinajstić information content (AvgIpc) is 2.69. The van der Waals surface area contributed by atoms with E-state index in [0.29, 0.717) is 5.75 Å². The van der Waals surface area contributed by atoms with E-state index in [1.165, 1.54) is 0 Å². The van der Waals surface area contributed by atoms with Crippen LogP contribution in [-0.4, -0.2) is 21.9 Å². The first kappa shape index (κ1) is 11.8. The summed E-state index contributed by atoms with van der Waals surface area (Å²) in [5, 5.41) is 10.1. The third-order valence-electron chi connectivity index (χ3n) is 2.76. The highest BCUT2D eigenvalue weighted by atomic mass is 79.9. The topological polar surface area (TPSA) is 57.8 Å². The number of carbonyl (C=O) groups is 1. The molecule has 3 rings (SSSR count). The van der Waals surface area contributed by atoms with E-state index in [9.17, 15) is 4.79 Å². The number of aromatic amines is 1. The first-order valence-electron chi connectivity index (χ1n) is 5.42. The Labute approximate surface area is 117 Å². The minimum absolute atomic E-state index is 0.0434. The molecule has 0 spiro atoms. The van der Waals surface area contributed by atoms with Gasteiger partial charge in [-0.05, 0) is 35.0 Å². The summed E-state index contributed by atoms with van der Waals surface area (Å²) in [6, 6.07) is 5.99. The van der Waals surface area contributed by atoms with Crippen molar-refractivity contribution in [3.05, 3.63) is 28.4 Å². The van der Waals surface area contributed by atoms with Crippen molar-refractivity contribution in [1.29, 1.82) is 0 Å². The van der Waals surface area contributed by atoms with Crippen LogP contribution < -0.4 is 5.32 Å². The number of benzene rings is 1. The van der Waals surface area contributed by atoms with Crippen molar-refractivity contribution in [3.63, 3.8) is 0 Å². The van der Waals surface area contributed by atoms with Crippen molar-refractivity contribution in [3.8, 4) is 11.3 Å². The van der Waals surface area contributed by atoms with Gasteiger partial charge in [0, 0.05) is 16.2 Å². The first-order valence-corrected chi connectivity index (χ1v) is 7.20. The Hall–Kier alpha value is -1.27. The number of hydrogen-bond donors (Lipinski definition) is 2. The van der Waals surface area contributed by atoms with Crippen LogP contribution in [-0.2, 0) is 4.79 Å². The first-order chi connectivity index (χ1) is 8.65. The van der Waals surface area contributed by atoms with Crippen LogP contribution in [0.4, 0.5) is 5.69 Å². The summed E-state index contributed by atoms with van der Waals surface area (Å²) in [4.78, 5) is 12.5. The summed E-state index contributed by atoms with van der Waals surface area (Å²) >= 11 is 5.07. The van der Waals surface area contributed by atoms with E-state index in [1.807, 2.05) is 25.1 Å². The lowest BCUT2D eigenvalue weighted by Crippen LogP contribution is -2.18. The SMILES string of the molecule is Cc1[nH]nc(-c2ccc3c(c2)NC(=O)CS3)c1Br. The number of fused-ring (bicyclic) bond motifs is 1. The minimum Gasteiger partial charge on any atom is -0.324 e. The molecular formula is C12H10BrN3OS. The van der Waals surface area contributed by atoms with Gasteiger partial charge >= 0.3 is 0 Å². The fourth-order valence-electron chi connectivity index (χ4n) is 1.84. The monoisotopic (exact) mass is 323 g/mol. The second kappa shape index (κ2) is 4.44. The molecule has 0 saturated heterocycles. The fraction of sp³-hybridized carbons (Fsp3) is 0.167. The molecule has 6 heteroatoms. The molecule has 2 N–H and O–H groups in total. The molecule has 0 unspecified atom stereocenters. The molecular weight excluding hydrogens is 314 g/mol. The Morgan fingerprint density at radius 2 is 2.28 bits per heavy atom. The minimum atomic E-state index is 0.0434. The van der Waals surface area contributed by atoms with E-state index < -0.39 is 0 Å². The maximum Gasteiger partial charge on any atom is 0.234 e. The van der Waals surface area contributed by atoms with Gasteiger partial charge in [0.25, 0.3) is 0 Å². The van der Waals surface area contributed by atoms with Crippen LogP contribution in [0.2, 0.25) is 0 Å². The van der Waals surface area contributed by atoms with E-state index in [-0.39, 0.29) is 5.91 Å². The van der Waals surface area contributed by atoms with Crippen molar-refractivity contribution < 1.29 is 4.79 Å². The molecule has 1 aromatic heterocycles. The molecule has 0 atom stereocenters. The van der Waals surface area contributed by atoms with Crippen LogP contribution in [0.3, 0.4) is 0 Å². The summed E-state index contributed by atoms with van der Waals surface area (Å²) in [5.74, 6) is 0.527. The number of hydrogen-bond acceptors (Lipinski definition) is 3. The summed E-state index contributed by atoms with van der Waals surface area (Å²) in [5.41, 5.74) is 3.69. The van der Waals surface area contributed by atoms with Gasteiger partial charge in [0.15, 0.2) is 0 Å².